The molecule has 0 saturated heterocycles. The molecular weight excluding hydrogens is 599 g/mol. The van der Waals surface area contributed by atoms with E-state index in [1.165, 1.54) is 29.0 Å². The Hall–Kier alpha value is -3.69. The Bertz CT molecular complexity index is 1730. The van der Waals surface area contributed by atoms with E-state index in [0.717, 1.165) is 17.7 Å². The molecule has 2 aromatic heterocycles. The summed E-state index contributed by atoms with van der Waals surface area (Å²) in [5.74, 6) is -1.06. The number of nitrogens with two attached hydrogens (primary N) is 1. The Morgan fingerprint density at radius 2 is 1.88 bits per heavy atom. The number of carbonyl (C=O) groups is 1. The molecule has 2 aromatic carbocycles. The Balaban J connectivity index is 1.51. The number of aliphatic hydroxyl groups excluding tert-OH is 1. The average Bonchev–Trinajstić information content (AvgIpc) is 3.25. The second-order valence-electron chi connectivity index (χ2n) is 9.73. The zero-order valence-electron chi connectivity index (χ0n) is 22.1. The van der Waals surface area contributed by atoms with Crippen molar-refractivity contribution in [3.8, 4) is 0 Å². The number of fused-ring (bicyclic) bond motifs is 1. The van der Waals surface area contributed by atoms with Crippen molar-refractivity contribution in [2.24, 2.45) is 0 Å². The van der Waals surface area contributed by atoms with Crippen LogP contribution in [-0.2, 0) is 23.0 Å². The first kappa shape index (κ1) is 31.3. The summed E-state index contributed by atoms with van der Waals surface area (Å²) < 4.78 is 64.3. The molecule has 0 fully saturated rings. The molecule has 10 nitrogen and oxygen atoms in total. The van der Waals surface area contributed by atoms with Crippen LogP contribution in [0.25, 0.3) is 10.9 Å². The van der Waals surface area contributed by atoms with Gasteiger partial charge in [0.05, 0.1) is 16.0 Å². The number of nitrogens with zero attached hydrogens (tertiary/aromatic N) is 2. The Morgan fingerprint density at radius 3 is 2.55 bits per heavy atom. The number of halogens is 4. The predicted molar refractivity (Wildman–Crippen MR) is 151 cm³/mol. The second-order valence-corrected chi connectivity index (χ2v) is 11.8. The first-order valence-electron chi connectivity index (χ1n) is 12.5. The van der Waals surface area contributed by atoms with Crippen LogP contribution in [0.15, 0.2) is 65.7 Å². The normalized spacial score (nSPS) is 13.8. The van der Waals surface area contributed by atoms with Crippen molar-refractivity contribution in [3.05, 3.63) is 88.2 Å². The summed E-state index contributed by atoms with van der Waals surface area (Å²) in [5.41, 5.74) is 7.76. The number of rotatable bonds is 11. The van der Waals surface area contributed by atoms with Crippen molar-refractivity contribution in [2.75, 3.05) is 12.3 Å². The largest absolute Gasteiger partial charge is 0.477 e. The van der Waals surface area contributed by atoms with Gasteiger partial charge < -0.3 is 25.8 Å². The molecule has 4 rings (SSSR count). The molecule has 0 spiro atoms. The number of nitrogen functional groups attached to an aromatic ring is 1. The number of alkyl halides is 3. The molecule has 0 amide bonds. The lowest BCUT2D eigenvalue weighted by Gasteiger charge is -2.18. The zero-order valence-corrected chi connectivity index (χ0v) is 23.6. The van der Waals surface area contributed by atoms with Crippen LogP contribution < -0.4 is 15.8 Å². The smallest absolute Gasteiger partial charge is 0.470 e. The highest BCUT2D eigenvalue weighted by Gasteiger charge is 2.35. The quantitative estimate of drug-likeness (QED) is 0.156. The summed E-state index contributed by atoms with van der Waals surface area (Å²) in [4.78, 5) is 15.4. The first-order valence-corrected chi connectivity index (χ1v) is 14.4. The van der Waals surface area contributed by atoms with E-state index in [2.05, 4.69) is 10.3 Å². The molecule has 0 bridgehead atoms. The SMILES string of the molecule is CC(Cc1ccc2c(c1)cc(C(=O)O)n2Cc1cccc(S(=O)(=O)NC(F)(F)F)c1)NCC(O)c1cnc(N)c(Cl)c1. The number of aromatic carboxylic acids is 1. The standard InChI is InChI=1S/C27H27ClF3N5O5S/c1-15(33-13-24(37)19-10-21(28)25(32)34-12-19)7-16-5-6-22-18(8-16)11-23(26(38)39)36(22)14-17-3-2-4-20(9-17)42(40,41)35-27(29,30)31/h2-6,8-12,15,24,33,35,37H,7,13-14H2,1H3,(H2,32,34)(H,38,39). The lowest BCUT2D eigenvalue weighted by atomic mass is 10.0. The second kappa shape index (κ2) is 12.3. The van der Waals surface area contributed by atoms with Crippen LogP contribution in [0, 0.1) is 0 Å². The lowest BCUT2D eigenvalue weighted by molar-refractivity contribution is -0.138. The monoisotopic (exact) mass is 625 g/mol. The summed E-state index contributed by atoms with van der Waals surface area (Å²) in [6.07, 6.45) is -4.02. The number of hydrogen-bond donors (Lipinski definition) is 5. The number of aromatic nitrogens is 2. The fourth-order valence-corrected chi connectivity index (χ4v) is 5.66. The van der Waals surface area contributed by atoms with Gasteiger partial charge in [0, 0.05) is 41.8 Å². The number of carboxylic acid groups (broad SMARTS) is 1. The average molecular weight is 626 g/mol. The van der Waals surface area contributed by atoms with Crippen molar-refractivity contribution in [1.82, 2.24) is 19.6 Å². The first-order chi connectivity index (χ1) is 19.6. The van der Waals surface area contributed by atoms with E-state index >= 15 is 0 Å². The third kappa shape index (κ3) is 7.57. The van der Waals surface area contributed by atoms with Crippen molar-refractivity contribution in [2.45, 2.75) is 43.2 Å². The van der Waals surface area contributed by atoms with Crippen molar-refractivity contribution < 1.29 is 36.6 Å². The van der Waals surface area contributed by atoms with Crippen LogP contribution in [0.2, 0.25) is 5.02 Å². The number of carboxylic acids is 1. The van der Waals surface area contributed by atoms with E-state index in [4.69, 9.17) is 17.3 Å². The highest BCUT2D eigenvalue weighted by Crippen LogP contribution is 2.26. The van der Waals surface area contributed by atoms with Crippen LogP contribution in [0.4, 0.5) is 19.0 Å². The number of anilines is 1. The van der Waals surface area contributed by atoms with Crippen molar-refractivity contribution >= 4 is 44.3 Å². The maximum atomic E-state index is 12.7. The predicted octanol–water partition coefficient (Wildman–Crippen LogP) is 4.07. The Morgan fingerprint density at radius 1 is 1.14 bits per heavy atom. The molecule has 42 heavy (non-hydrogen) atoms. The molecule has 2 atom stereocenters. The van der Waals surface area contributed by atoms with Gasteiger partial charge in [-0.15, -0.1) is 4.72 Å². The number of hydrogen-bond acceptors (Lipinski definition) is 7. The number of pyridine rings is 1. The molecule has 4 aromatic rings. The molecule has 0 aliphatic carbocycles. The fraction of sp³-hybridized carbons (Fsp3) is 0.259. The zero-order chi connectivity index (χ0) is 30.8. The van der Waals surface area contributed by atoms with Gasteiger partial charge >= 0.3 is 12.3 Å². The van der Waals surface area contributed by atoms with E-state index in [0.29, 0.717) is 27.6 Å². The molecule has 0 radical (unpaired) electrons. The highest BCUT2D eigenvalue weighted by atomic mass is 35.5. The van der Waals surface area contributed by atoms with Crippen molar-refractivity contribution in [1.29, 1.82) is 0 Å². The minimum Gasteiger partial charge on any atom is -0.477 e. The van der Waals surface area contributed by atoms with E-state index in [-0.39, 0.29) is 41.2 Å². The van der Waals surface area contributed by atoms with Gasteiger partial charge in [0.1, 0.15) is 11.5 Å². The highest BCUT2D eigenvalue weighted by molar-refractivity contribution is 7.89. The summed E-state index contributed by atoms with van der Waals surface area (Å²) in [6.45, 7) is 2.05. The van der Waals surface area contributed by atoms with Gasteiger partial charge in [0.25, 0.3) is 0 Å². The fourth-order valence-electron chi connectivity index (χ4n) is 4.50. The molecule has 6 N–H and O–H groups in total. The number of benzene rings is 2. The number of aliphatic hydroxyl groups is 1. The number of nitrogens with one attached hydrogen (secondary N) is 2. The molecule has 2 heterocycles. The van der Waals surface area contributed by atoms with Gasteiger partial charge in [-0.2, -0.15) is 13.2 Å². The van der Waals surface area contributed by atoms with Crippen molar-refractivity contribution in [3.63, 3.8) is 0 Å². The van der Waals surface area contributed by atoms with Crippen LogP contribution >= 0.6 is 11.6 Å². The van der Waals surface area contributed by atoms with E-state index in [9.17, 15) is 36.6 Å². The van der Waals surface area contributed by atoms with Gasteiger partial charge in [0.15, 0.2) is 0 Å². The topological polar surface area (TPSA) is 160 Å². The molecule has 0 saturated carbocycles. The lowest BCUT2D eigenvalue weighted by Crippen LogP contribution is -2.37. The molecule has 0 aliphatic rings. The minimum atomic E-state index is -5.14. The van der Waals surface area contributed by atoms with Gasteiger partial charge in [0.2, 0.25) is 10.0 Å². The maximum Gasteiger partial charge on any atom is 0.470 e. The Labute approximate surface area is 244 Å². The van der Waals surface area contributed by atoms with Gasteiger partial charge in [-0.1, -0.05) is 29.8 Å². The summed E-state index contributed by atoms with van der Waals surface area (Å²) in [6, 6.07) is 13.2. The van der Waals surface area contributed by atoms with E-state index in [1.54, 1.807) is 12.1 Å². The summed E-state index contributed by atoms with van der Waals surface area (Å²) in [7, 11) is -4.87. The van der Waals surface area contributed by atoms with E-state index < -0.39 is 33.3 Å². The van der Waals surface area contributed by atoms with Gasteiger partial charge in [-0.25, -0.2) is 18.2 Å². The maximum absolute atomic E-state index is 12.7. The van der Waals surface area contributed by atoms with Gasteiger partial charge in [-0.05, 0) is 60.9 Å². The molecular formula is C27H27ClF3N5O5S. The van der Waals surface area contributed by atoms with Crippen LogP contribution in [0.3, 0.4) is 0 Å². The number of sulfonamides is 1. The molecule has 15 heteroatoms. The minimum absolute atomic E-state index is 0.0751. The van der Waals surface area contributed by atoms with Crippen LogP contribution in [0.1, 0.15) is 40.2 Å². The van der Waals surface area contributed by atoms with Crippen LogP contribution in [-0.4, -0.2) is 53.0 Å². The van der Waals surface area contributed by atoms with E-state index in [1.807, 2.05) is 19.1 Å². The summed E-state index contributed by atoms with van der Waals surface area (Å²) >= 11 is 5.98. The third-order valence-corrected chi connectivity index (χ3v) is 8.14. The van der Waals surface area contributed by atoms with Gasteiger partial charge in [-0.3, -0.25) is 0 Å². The third-order valence-electron chi connectivity index (χ3n) is 6.46. The Kier molecular flexibility index (Phi) is 9.13. The molecule has 0 aliphatic heterocycles. The molecule has 224 valence electrons. The molecule has 2 unspecified atom stereocenters. The summed E-state index contributed by atoms with van der Waals surface area (Å²) in [5, 5.41) is 24.4. The van der Waals surface area contributed by atoms with Crippen LogP contribution in [0.5, 0.6) is 0 Å².